The number of aryl methyl sites for hydroxylation is 1. The first-order chi connectivity index (χ1) is 12.5. The minimum absolute atomic E-state index is 0.172. The molecule has 6 heteroatoms. The van der Waals surface area contributed by atoms with Crippen molar-refractivity contribution in [2.45, 2.75) is 52.7 Å². The van der Waals surface area contributed by atoms with Crippen LogP contribution >= 0.6 is 0 Å². The molecule has 1 aromatic heterocycles. The fourth-order valence-electron chi connectivity index (χ4n) is 3.71. The second kappa shape index (κ2) is 8.73. The van der Waals surface area contributed by atoms with Crippen LogP contribution in [0.2, 0.25) is 0 Å². The molecule has 1 aromatic carbocycles. The smallest absolute Gasteiger partial charge is 0.150 e. The lowest BCUT2D eigenvalue weighted by atomic mass is 10.0. The zero-order valence-corrected chi connectivity index (χ0v) is 16.1. The molecule has 0 aliphatic carbocycles. The van der Waals surface area contributed by atoms with Crippen LogP contribution in [-0.4, -0.2) is 50.7 Å². The Morgan fingerprint density at radius 2 is 1.96 bits per heavy atom. The summed E-state index contributed by atoms with van der Waals surface area (Å²) in [4.78, 5) is 9.59. The van der Waals surface area contributed by atoms with E-state index in [-0.39, 0.29) is 5.82 Å². The zero-order chi connectivity index (χ0) is 18.5. The fourth-order valence-corrected chi connectivity index (χ4v) is 3.71. The quantitative estimate of drug-likeness (QED) is 0.860. The topological polar surface area (TPSA) is 48.1 Å². The van der Waals surface area contributed by atoms with Crippen molar-refractivity contribution in [1.82, 2.24) is 25.0 Å². The van der Waals surface area contributed by atoms with Crippen molar-refractivity contribution in [3.8, 4) is 0 Å². The largest absolute Gasteiger partial charge is 0.295 e. The first-order valence-electron chi connectivity index (χ1n) is 9.66. The summed E-state index contributed by atoms with van der Waals surface area (Å²) >= 11 is 0. The molecule has 1 aliphatic heterocycles. The molecule has 1 fully saturated rings. The summed E-state index contributed by atoms with van der Waals surface area (Å²) in [6.45, 7) is 11.5. The average molecular weight is 359 g/mol. The van der Waals surface area contributed by atoms with Crippen LogP contribution in [0.25, 0.3) is 0 Å². The molecule has 1 saturated heterocycles. The monoisotopic (exact) mass is 359 g/mol. The first-order valence-corrected chi connectivity index (χ1v) is 9.66. The average Bonchev–Trinajstić information content (AvgIpc) is 2.98. The van der Waals surface area contributed by atoms with Crippen molar-refractivity contribution >= 4 is 0 Å². The van der Waals surface area contributed by atoms with Crippen LogP contribution in [0, 0.1) is 11.7 Å². The molecule has 1 aliphatic rings. The van der Waals surface area contributed by atoms with Crippen molar-refractivity contribution in [2.75, 3.05) is 19.6 Å². The number of aromatic nitrogens is 3. The maximum atomic E-state index is 13.2. The summed E-state index contributed by atoms with van der Waals surface area (Å²) < 4.78 is 13.2. The van der Waals surface area contributed by atoms with Gasteiger partial charge < -0.3 is 0 Å². The van der Waals surface area contributed by atoms with Crippen LogP contribution < -0.4 is 0 Å². The van der Waals surface area contributed by atoms with E-state index >= 15 is 0 Å². The number of halogens is 1. The SMILES string of the molecule is CCc1n[nH]c(CN2CCCN(Cc3ccc(F)cc3)[C@@H](C(C)C)C2)n1. The molecule has 0 spiro atoms. The van der Waals surface area contributed by atoms with E-state index in [0.29, 0.717) is 12.0 Å². The van der Waals surface area contributed by atoms with Gasteiger partial charge in [0.15, 0.2) is 0 Å². The van der Waals surface area contributed by atoms with Gasteiger partial charge in [0, 0.05) is 32.1 Å². The van der Waals surface area contributed by atoms with Crippen LogP contribution in [0.5, 0.6) is 0 Å². The van der Waals surface area contributed by atoms with Crippen molar-refractivity contribution in [3.05, 3.63) is 47.3 Å². The van der Waals surface area contributed by atoms with Crippen molar-refractivity contribution in [2.24, 2.45) is 5.92 Å². The highest BCUT2D eigenvalue weighted by Crippen LogP contribution is 2.21. The predicted molar refractivity (Wildman–Crippen MR) is 101 cm³/mol. The Labute approximate surface area is 155 Å². The number of nitrogens with zero attached hydrogens (tertiary/aromatic N) is 4. The number of aromatic amines is 1. The van der Waals surface area contributed by atoms with E-state index in [9.17, 15) is 4.39 Å². The lowest BCUT2D eigenvalue weighted by Crippen LogP contribution is -2.44. The molecule has 3 rings (SSSR count). The van der Waals surface area contributed by atoms with Crippen LogP contribution in [0.3, 0.4) is 0 Å². The summed E-state index contributed by atoms with van der Waals surface area (Å²) in [7, 11) is 0. The fraction of sp³-hybridized carbons (Fsp3) is 0.600. The molecule has 1 atom stereocenters. The number of benzene rings is 1. The lowest BCUT2D eigenvalue weighted by Gasteiger charge is -2.34. The number of nitrogens with one attached hydrogen (secondary N) is 1. The molecule has 5 nitrogen and oxygen atoms in total. The lowest BCUT2D eigenvalue weighted by molar-refractivity contribution is 0.129. The van der Waals surface area contributed by atoms with Crippen LogP contribution in [0.1, 0.15) is 44.4 Å². The van der Waals surface area contributed by atoms with E-state index in [2.05, 4.69) is 45.8 Å². The van der Waals surface area contributed by atoms with Gasteiger partial charge in [-0.25, -0.2) is 9.37 Å². The van der Waals surface area contributed by atoms with E-state index in [1.165, 1.54) is 5.56 Å². The summed E-state index contributed by atoms with van der Waals surface area (Å²) in [6.07, 6.45) is 1.98. The van der Waals surface area contributed by atoms with Gasteiger partial charge in [-0.3, -0.25) is 14.9 Å². The Morgan fingerprint density at radius 1 is 1.19 bits per heavy atom. The molecule has 1 N–H and O–H groups in total. The van der Waals surface area contributed by atoms with Gasteiger partial charge in [-0.15, -0.1) is 0 Å². The van der Waals surface area contributed by atoms with Gasteiger partial charge in [0.05, 0.1) is 6.54 Å². The Balaban J connectivity index is 1.67. The van der Waals surface area contributed by atoms with Crippen molar-refractivity contribution in [3.63, 3.8) is 0 Å². The minimum atomic E-state index is -0.172. The third-order valence-corrected chi connectivity index (χ3v) is 5.17. The predicted octanol–water partition coefficient (Wildman–Crippen LogP) is 3.24. The van der Waals surface area contributed by atoms with Crippen LogP contribution in [-0.2, 0) is 19.5 Å². The van der Waals surface area contributed by atoms with Gasteiger partial charge >= 0.3 is 0 Å². The zero-order valence-electron chi connectivity index (χ0n) is 16.1. The molecular formula is C20H30FN5. The summed E-state index contributed by atoms with van der Waals surface area (Å²) in [5.74, 6) is 2.22. The van der Waals surface area contributed by atoms with Crippen LogP contribution in [0.15, 0.2) is 24.3 Å². The second-order valence-electron chi connectivity index (χ2n) is 7.55. The minimum Gasteiger partial charge on any atom is -0.295 e. The van der Waals surface area contributed by atoms with E-state index in [1.807, 2.05) is 12.1 Å². The Morgan fingerprint density at radius 3 is 2.62 bits per heavy atom. The van der Waals surface area contributed by atoms with Gasteiger partial charge in [0.1, 0.15) is 17.5 Å². The van der Waals surface area contributed by atoms with Gasteiger partial charge in [-0.2, -0.15) is 5.10 Å². The van der Waals surface area contributed by atoms with E-state index in [1.54, 1.807) is 12.1 Å². The molecular weight excluding hydrogens is 329 g/mol. The normalized spacial score (nSPS) is 19.8. The molecule has 142 valence electrons. The van der Waals surface area contributed by atoms with Gasteiger partial charge in [-0.1, -0.05) is 32.9 Å². The highest BCUT2D eigenvalue weighted by atomic mass is 19.1. The number of hydrogen-bond donors (Lipinski definition) is 1. The molecule has 2 aromatic rings. The molecule has 0 unspecified atom stereocenters. The number of hydrogen-bond acceptors (Lipinski definition) is 4. The second-order valence-corrected chi connectivity index (χ2v) is 7.55. The summed E-state index contributed by atoms with van der Waals surface area (Å²) in [6, 6.07) is 7.38. The van der Waals surface area contributed by atoms with Gasteiger partial charge in [0.2, 0.25) is 0 Å². The first kappa shape index (κ1) is 19.0. The maximum Gasteiger partial charge on any atom is 0.150 e. The van der Waals surface area contributed by atoms with E-state index < -0.39 is 0 Å². The Bertz CT molecular complexity index is 682. The number of rotatable bonds is 6. The summed E-state index contributed by atoms with van der Waals surface area (Å²) in [5.41, 5.74) is 1.17. The standard InChI is InChI=1S/C20H30FN5/c1-4-19-22-20(24-23-19)14-25-10-5-11-26(18(13-25)15(2)3)12-16-6-8-17(21)9-7-16/h6-9,15,18H,4-5,10-14H2,1-3H3,(H,22,23,24)/t18-/m1/s1. The molecule has 26 heavy (non-hydrogen) atoms. The third kappa shape index (κ3) is 4.89. The van der Waals surface area contributed by atoms with Crippen LogP contribution in [0.4, 0.5) is 4.39 Å². The molecule has 0 saturated carbocycles. The highest BCUT2D eigenvalue weighted by molar-refractivity contribution is 5.16. The highest BCUT2D eigenvalue weighted by Gasteiger charge is 2.27. The summed E-state index contributed by atoms with van der Waals surface area (Å²) in [5, 5.41) is 7.32. The van der Waals surface area contributed by atoms with Crippen molar-refractivity contribution in [1.29, 1.82) is 0 Å². The molecule has 0 radical (unpaired) electrons. The Kier molecular flexibility index (Phi) is 6.38. The van der Waals surface area contributed by atoms with E-state index in [4.69, 9.17) is 0 Å². The molecule has 2 heterocycles. The molecule has 0 amide bonds. The third-order valence-electron chi connectivity index (χ3n) is 5.17. The molecule has 0 bridgehead atoms. The van der Waals surface area contributed by atoms with Crippen molar-refractivity contribution < 1.29 is 4.39 Å². The van der Waals surface area contributed by atoms with E-state index in [0.717, 1.165) is 57.2 Å². The van der Waals surface area contributed by atoms with Gasteiger partial charge in [-0.05, 0) is 36.6 Å². The maximum absolute atomic E-state index is 13.2. The Hall–Kier alpha value is -1.79. The van der Waals surface area contributed by atoms with Gasteiger partial charge in [0.25, 0.3) is 0 Å². The number of H-pyrrole nitrogens is 1.